The van der Waals surface area contributed by atoms with Crippen LogP contribution in [-0.4, -0.2) is 43.6 Å². The summed E-state index contributed by atoms with van der Waals surface area (Å²) in [6.07, 6.45) is 2.57. The third-order valence-corrected chi connectivity index (χ3v) is 3.06. The van der Waals surface area contributed by atoms with Gasteiger partial charge in [0.05, 0.1) is 0 Å². The molecule has 2 rings (SSSR count). The van der Waals surface area contributed by atoms with Crippen LogP contribution < -0.4 is 10.1 Å². The van der Waals surface area contributed by atoms with Crippen molar-refractivity contribution in [3.63, 3.8) is 0 Å². The van der Waals surface area contributed by atoms with Crippen molar-refractivity contribution < 1.29 is 9.53 Å². The van der Waals surface area contributed by atoms with E-state index in [4.69, 9.17) is 4.74 Å². The Morgan fingerprint density at radius 3 is 2.58 bits per heavy atom. The summed E-state index contributed by atoms with van der Waals surface area (Å²) in [5.41, 5.74) is 0. The molecule has 1 aromatic carbocycles. The second kappa shape index (κ2) is 8.77. The number of likely N-dealkylation sites (tertiary alicyclic amines) is 1. The average Bonchev–Trinajstić information content (AvgIpc) is 2.91. The van der Waals surface area contributed by atoms with E-state index >= 15 is 0 Å². The average molecular weight is 285 g/mol. The topological polar surface area (TPSA) is 41.6 Å². The molecule has 1 heterocycles. The highest BCUT2D eigenvalue weighted by Crippen LogP contribution is 2.07. The predicted octanol–water partition coefficient (Wildman–Crippen LogP) is 1.70. The number of carbonyl (C=O) groups is 1. The van der Waals surface area contributed by atoms with Crippen molar-refractivity contribution >= 4 is 18.3 Å². The first-order valence-electron chi connectivity index (χ1n) is 6.51. The Morgan fingerprint density at radius 2 is 1.89 bits per heavy atom. The minimum atomic E-state index is -0.0574. The van der Waals surface area contributed by atoms with Gasteiger partial charge in [-0.2, -0.15) is 0 Å². The summed E-state index contributed by atoms with van der Waals surface area (Å²) in [4.78, 5) is 13.9. The lowest BCUT2D eigenvalue weighted by molar-refractivity contribution is -0.123. The van der Waals surface area contributed by atoms with Gasteiger partial charge in [0.2, 0.25) is 0 Å². The second-order valence-electron chi connectivity index (χ2n) is 4.50. The lowest BCUT2D eigenvalue weighted by atomic mass is 10.3. The van der Waals surface area contributed by atoms with Gasteiger partial charge in [-0.05, 0) is 38.1 Å². The van der Waals surface area contributed by atoms with Gasteiger partial charge in [-0.15, -0.1) is 12.4 Å². The number of benzene rings is 1. The molecule has 0 atom stereocenters. The number of amides is 1. The first-order chi connectivity index (χ1) is 8.84. The summed E-state index contributed by atoms with van der Waals surface area (Å²) in [5, 5.41) is 2.87. The Labute approximate surface area is 120 Å². The van der Waals surface area contributed by atoms with Crippen LogP contribution in [0.2, 0.25) is 0 Å². The van der Waals surface area contributed by atoms with E-state index in [0.717, 1.165) is 25.4 Å². The summed E-state index contributed by atoms with van der Waals surface area (Å²) < 4.78 is 5.36. The second-order valence-corrected chi connectivity index (χ2v) is 4.50. The molecule has 0 saturated carbocycles. The molecule has 106 valence electrons. The van der Waals surface area contributed by atoms with Crippen molar-refractivity contribution in [1.29, 1.82) is 0 Å². The maximum Gasteiger partial charge on any atom is 0.257 e. The zero-order valence-electron chi connectivity index (χ0n) is 11.0. The van der Waals surface area contributed by atoms with Crippen molar-refractivity contribution in [2.75, 3.05) is 32.8 Å². The maximum atomic E-state index is 11.5. The number of para-hydroxylation sites is 1. The van der Waals surface area contributed by atoms with E-state index in [1.165, 1.54) is 12.8 Å². The van der Waals surface area contributed by atoms with Gasteiger partial charge in [0.1, 0.15) is 5.75 Å². The van der Waals surface area contributed by atoms with Gasteiger partial charge in [0, 0.05) is 13.1 Å². The molecule has 5 heteroatoms. The molecule has 0 aromatic heterocycles. The number of nitrogens with zero attached hydrogens (tertiary/aromatic N) is 1. The molecule has 19 heavy (non-hydrogen) atoms. The van der Waals surface area contributed by atoms with Gasteiger partial charge in [-0.1, -0.05) is 18.2 Å². The van der Waals surface area contributed by atoms with Gasteiger partial charge in [-0.25, -0.2) is 0 Å². The van der Waals surface area contributed by atoms with Crippen molar-refractivity contribution in [3.8, 4) is 5.75 Å². The number of carbonyl (C=O) groups excluding carboxylic acids is 1. The summed E-state index contributed by atoms with van der Waals surface area (Å²) in [6, 6.07) is 9.39. The monoisotopic (exact) mass is 284 g/mol. The molecule has 4 nitrogen and oxygen atoms in total. The highest BCUT2D eigenvalue weighted by molar-refractivity contribution is 5.85. The summed E-state index contributed by atoms with van der Waals surface area (Å²) >= 11 is 0. The third kappa shape index (κ3) is 5.94. The molecular weight excluding hydrogens is 264 g/mol. The first-order valence-corrected chi connectivity index (χ1v) is 6.51. The molecule has 0 spiro atoms. The SMILES string of the molecule is Cl.O=C(COc1ccccc1)NCCN1CCCC1. The summed E-state index contributed by atoms with van der Waals surface area (Å²) in [7, 11) is 0. The van der Waals surface area contributed by atoms with Crippen LogP contribution in [0.5, 0.6) is 5.75 Å². The molecule has 1 aliphatic heterocycles. The van der Waals surface area contributed by atoms with Gasteiger partial charge in [0.15, 0.2) is 6.61 Å². The van der Waals surface area contributed by atoms with Crippen LogP contribution in [0.25, 0.3) is 0 Å². The summed E-state index contributed by atoms with van der Waals surface area (Å²) in [6.45, 7) is 4.06. The maximum absolute atomic E-state index is 11.5. The summed E-state index contributed by atoms with van der Waals surface area (Å²) in [5.74, 6) is 0.672. The Hall–Kier alpha value is -1.26. The molecule has 1 N–H and O–H groups in total. The quantitative estimate of drug-likeness (QED) is 0.864. The number of hydrogen-bond donors (Lipinski definition) is 1. The van der Waals surface area contributed by atoms with Crippen LogP contribution in [0.3, 0.4) is 0 Å². The van der Waals surface area contributed by atoms with Crippen LogP contribution >= 0.6 is 12.4 Å². The molecule has 0 aliphatic carbocycles. The predicted molar refractivity (Wildman–Crippen MR) is 77.9 cm³/mol. The molecule has 1 amide bonds. The van der Waals surface area contributed by atoms with Crippen molar-refractivity contribution in [2.45, 2.75) is 12.8 Å². The number of halogens is 1. The van der Waals surface area contributed by atoms with Crippen molar-refractivity contribution in [3.05, 3.63) is 30.3 Å². The van der Waals surface area contributed by atoms with Crippen LogP contribution in [0.4, 0.5) is 0 Å². The Kier molecular flexibility index (Phi) is 7.30. The zero-order valence-corrected chi connectivity index (χ0v) is 11.8. The van der Waals surface area contributed by atoms with E-state index in [-0.39, 0.29) is 24.9 Å². The lowest BCUT2D eigenvalue weighted by Gasteiger charge is -2.14. The zero-order chi connectivity index (χ0) is 12.6. The highest BCUT2D eigenvalue weighted by Gasteiger charge is 2.11. The minimum absolute atomic E-state index is 0. The van der Waals surface area contributed by atoms with Crippen molar-refractivity contribution in [1.82, 2.24) is 10.2 Å². The molecule has 1 saturated heterocycles. The highest BCUT2D eigenvalue weighted by atomic mass is 35.5. The lowest BCUT2D eigenvalue weighted by Crippen LogP contribution is -2.35. The van der Waals surface area contributed by atoms with E-state index in [2.05, 4.69) is 10.2 Å². The number of hydrogen-bond acceptors (Lipinski definition) is 3. The van der Waals surface area contributed by atoms with Crippen LogP contribution in [0.1, 0.15) is 12.8 Å². The standard InChI is InChI=1S/C14H20N2O2.ClH/c17-14(12-18-13-6-2-1-3-7-13)15-8-11-16-9-4-5-10-16;/h1-3,6-7H,4-5,8-12H2,(H,15,17);1H. The fourth-order valence-corrected chi connectivity index (χ4v) is 2.08. The molecule has 1 aromatic rings. The first kappa shape index (κ1) is 15.8. The third-order valence-electron chi connectivity index (χ3n) is 3.06. The van der Waals surface area contributed by atoms with E-state index in [0.29, 0.717) is 6.54 Å². The fraction of sp³-hybridized carbons (Fsp3) is 0.500. The Morgan fingerprint density at radius 1 is 1.21 bits per heavy atom. The van der Waals surface area contributed by atoms with E-state index in [9.17, 15) is 4.79 Å². The van der Waals surface area contributed by atoms with Gasteiger partial charge in [0.25, 0.3) is 5.91 Å². The molecular formula is C14H21ClN2O2. The van der Waals surface area contributed by atoms with E-state index < -0.39 is 0 Å². The van der Waals surface area contributed by atoms with Crippen molar-refractivity contribution in [2.24, 2.45) is 0 Å². The smallest absolute Gasteiger partial charge is 0.257 e. The molecule has 0 unspecified atom stereocenters. The normalized spacial score (nSPS) is 14.7. The van der Waals surface area contributed by atoms with Gasteiger partial charge < -0.3 is 15.0 Å². The van der Waals surface area contributed by atoms with Crippen LogP contribution in [0.15, 0.2) is 30.3 Å². The van der Waals surface area contributed by atoms with Gasteiger partial charge in [-0.3, -0.25) is 4.79 Å². The largest absolute Gasteiger partial charge is 0.484 e. The van der Waals surface area contributed by atoms with Crippen LogP contribution in [0, 0.1) is 0 Å². The number of rotatable bonds is 6. The molecule has 1 fully saturated rings. The minimum Gasteiger partial charge on any atom is -0.484 e. The molecule has 0 radical (unpaired) electrons. The van der Waals surface area contributed by atoms with E-state index in [1.807, 2.05) is 30.3 Å². The Balaban J connectivity index is 0.00000180. The molecule has 1 aliphatic rings. The van der Waals surface area contributed by atoms with Gasteiger partial charge >= 0.3 is 0 Å². The number of ether oxygens (including phenoxy) is 1. The van der Waals surface area contributed by atoms with Crippen LogP contribution in [-0.2, 0) is 4.79 Å². The molecule has 0 bridgehead atoms. The fourth-order valence-electron chi connectivity index (χ4n) is 2.08. The number of nitrogens with one attached hydrogen (secondary N) is 1. The van der Waals surface area contributed by atoms with E-state index in [1.54, 1.807) is 0 Å². The Bertz CT molecular complexity index is 367.